The highest BCUT2D eigenvalue weighted by Gasteiger charge is 2.23. The largest absolute Gasteiger partial charge is 0.377 e. The average molecular weight is 457 g/mol. The molecule has 0 heterocycles. The quantitative estimate of drug-likeness (QED) is 0.218. The Hall–Kier alpha value is -2.71. The van der Waals surface area contributed by atoms with Gasteiger partial charge in [-0.3, -0.25) is 0 Å². The Balaban J connectivity index is 1.38. The average Bonchev–Trinajstić information content (AvgIpc) is 2.89. The highest BCUT2D eigenvalue weighted by atomic mass is 19.1. The second-order valence-corrected chi connectivity index (χ2v) is 9.62. The Morgan fingerprint density at radius 3 is 2.00 bits per heavy atom. The van der Waals surface area contributed by atoms with Crippen LogP contribution < -0.4 is 0 Å². The van der Waals surface area contributed by atoms with Crippen molar-refractivity contribution >= 4 is 0 Å². The standard InChI is InChI=1S/C32H37FO/c1-3-5-6-21-34-23-25-9-11-26(12-10-25)27-15-17-28(18-16-27)30-19-20-31(32(33)22-30)29-13-7-24(4-2)8-14-29/h4,9-12,15-20,22,24,29H,2-3,5-8,13-14,21,23H2,1H3/t24-,29-. The van der Waals surface area contributed by atoms with Gasteiger partial charge in [0.25, 0.3) is 0 Å². The van der Waals surface area contributed by atoms with Gasteiger partial charge in [0.1, 0.15) is 5.82 Å². The van der Waals surface area contributed by atoms with Crippen LogP contribution in [0, 0.1) is 11.7 Å². The van der Waals surface area contributed by atoms with E-state index in [-0.39, 0.29) is 5.82 Å². The molecule has 3 aromatic carbocycles. The maximum atomic E-state index is 15.0. The lowest BCUT2D eigenvalue weighted by Gasteiger charge is -2.27. The summed E-state index contributed by atoms with van der Waals surface area (Å²) in [6.45, 7) is 7.61. The third kappa shape index (κ3) is 6.24. The van der Waals surface area contributed by atoms with Crippen LogP contribution in [-0.2, 0) is 11.3 Å². The first-order valence-electron chi connectivity index (χ1n) is 12.9. The highest BCUT2D eigenvalue weighted by molar-refractivity contribution is 5.70. The molecule has 3 aromatic rings. The van der Waals surface area contributed by atoms with Gasteiger partial charge in [-0.2, -0.15) is 0 Å². The first-order chi connectivity index (χ1) is 16.7. The zero-order chi connectivity index (χ0) is 23.8. The topological polar surface area (TPSA) is 9.23 Å². The van der Waals surface area contributed by atoms with Gasteiger partial charge in [0, 0.05) is 6.61 Å². The number of hydrogen-bond acceptors (Lipinski definition) is 1. The predicted octanol–water partition coefficient (Wildman–Crippen LogP) is 9.33. The molecule has 1 aliphatic carbocycles. The summed E-state index contributed by atoms with van der Waals surface area (Å²) in [4.78, 5) is 0. The molecule has 2 heteroatoms. The van der Waals surface area contributed by atoms with E-state index in [9.17, 15) is 0 Å². The van der Waals surface area contributed by atoms with Crippen molar-refractivity contribution in [3.05, 3.63) is 96.3 Å². The van der Waals surface area contributed by atoms with Crippen molar-refractivity contribution in [3.8, 4) is 22.3 Å². The lowest BCUT2D eigenvalue weighted by molar-refractivity contribution is 0.117. The summed E-state index contributed by atoms with van der Waals surface area (Å²) in [5, 5.41) is 0. The van der Waals surface area contributed by atoms with E-state index in [1.165, 1.54) is 24.0 Å². The van der Waals surface area contributed by atoms with E-state index in [0.717, 1.165) is 61.0 Å². The fraction of sp³-hybridized carbons (Fsp3) is 0.375. The second-order valence-electron chi connectivity index (χ2n) is 9.62. The molecule has 178 valence electrons. The molecule has 0 aliphatic heterocycles. The molecule has 1 fully saturated rings. The smallest absolute Gasteiger partial charge is 0.127 e. The van der Waals surface area contributed by atoms with Crippen molar-refractivity contribution in [3.63, 3.8) is 0 Å². The van der Waals surface area contributed by atoms with Crippen LogP contribution in [0.4, 0.5) is 4.39 Å². The van der Waals surface area contributed by atoms with Crippen molar-refractivity contribution < 1.29 is 9.13 Å². The first kappa shape index (κ1) is 24.4. The van der Waals surface area contributed by atoms with Crippen molar-refractivity contribution in [1.82, 2.24) is 0 Å². The molecule has 0 unspecified atom stereocenters. The van der Waals surface area contributed by atoms with Crippen LogP contribution in [0.1, 0.15) is 68.9 Å². The van der Waals surface area contributed by atoms with Crippen LogP contribution in [0.5, 0.6) is 0 Å². The molecule has 34 heavy (non-hydrogen) atoms. The summed E-state index contributed by atoms with van der Waals surface area (Å²) < 4.78 is 20.8. The SMILES string of the molecule is C=C[C@H]1CC[C@H](c2ccc(-c3ccc(-c4ccc(COCCCCC)cc4)cc3)cc2F)CC1. The summed E-state index contributed by atoms with van der Waals surface area (Å²) in [5.74, 6) is 0.852. The maximum absolute atomic E-state index is 15.0. The molecular weight excluding hydrogens is 419 g/mol. The van der Waals surface area contributed by atoms with Gasteiger partial charge in [-0.1, -0.05) is 86.5 Å². The summed E-state index contributed by atoms with van der Waals surface area (Å²) in [6, 6.07) is 22.8. The third-order valence-corrected chi connectivity index (χ3v) is 7.21. The van der Waals surface area contributed by atoms with Gasteiger partial charge in [0.05, 0.1) is 6.61 Å². The lowest BCUT2D eigenvalue weighted by atomic mass is 9.78. The van der Waals surface area contributed by atoms with E-state index in [1.807, 2.05) is 6.07 Å². The van der Waals surface area contributed by atoms with Crippen LogP contribution >= 0.6 is 0 Å². The molecule has 1 saturated carbocycles. The fourth-order valence-electron chi connectivity index (χ4n) is 5.00. The van der Waals surface area contributed by atoms with E-state index < -0.39 is 0 Å². The van der Waals surface area contributed by atoms with Crippen LogP contribution in [0.25, 0.3) is 22.3 Å². The number of hydrogen-bond donors (Lipinski definition) is 0. The maximum Gasteiger partial charge on any atom is 0.127 e. The fourth-order valence-corrected chi connectivity index (χ4v) is 5.00. The van der Waals surface area contributed by atoms with Gasteiger partial charge in [-0.15, -0.1) is 6.58 Å². The molecule has 0 amide bonds. The molecule has 0 spiro atoms. The van der Waals surface area contributed by atoms with Gasteiger partial charge < -0.3 is 4.74 Å². The number of benzene rings is 3. The molecule has 0 atom stereocenters. The van der Waals surface area contributed by atoms with Crippen LogP contribution in [0.2, 0.25) is 0 Å². The van der Waals surface area contributed by atoms with Gasteiger partial charge in [0.15, 0.2) is 0 Å². The molecule has 1 nitrogen and oxygen atoms in total. The molecule has 0 radical (unpaired) electrons. The lowest BCUT2D eigenvalue weighted by Crippen LogP contribution is -2.12. The van der Waals surface area contributed by atoms with Crippen LogP contribution in [0.15, 0.2) is 79.4 Å². The molecule has 0 bridgehead atoms. The first-order valence-corrected chi connectivity index (χ1v) is 12.9. The van der Waals surface area contributed by atoms with E-state index in [1.54, 1.807) is 6.07 Å². The van der Waals surface area contributed by atoms with Crippen molar-refractivity contribution in [2.75, 3.05) is 6.61 Å². The molecule has 4 rings (SSSR count). The van der Waals surface area contributed by atoms with Gasteiger partial charge in [-0.25, -0.2) is 4.39 Å². The number of ether oxygens (including phenoxy) is 1. The monoisotopic (exact) mass is 456 g/mol. The zero-order valence-corrected chi connectivity index (χ0v) is 20.4. The highest BCUT2D eigenvalue weighted by Crippen LogP contribution is 2.38. The normalized spacial score (nSPS) is 18.1. The zero-order valence-electron chi connectivity index (χ0n) is 20.4. The predicted molar refractivity (Wildman–Crippen MR) is 141 cm³/mol. The number of allylic oxidation sites excluding steroid dienone is 1. The van der Waals surface area contributed by atoms with Crippen LogP contribution in [0.3, 0.4) is 0 Å². The van der Waals surface area contributed by atoms with Crippen molar-refractivity contribution in [2.45, 2.75) is 64.4 Å². The van der Waals surface area contributed by atoms with Gasteiger partial charge in [-0.05, 0) is 83.4 Å². The Bertz CT molecular complexity index is 1040. The number of unbranched alkanes of at least 4 members (excludes halogenated alkanes) is 2. The molecule has 1 aliphatic rings. The Morgan fingerprint density at radius 1 is 0.824 bits per heavy atom. The molecular formula is C32H37FO. The summed E-state index contributed by atoms with van der Waals surface area (Å²) >= 11 is 0. The Morgan fingerprint density at radius 2 is 1.41 bits per heavy atom. The van der Waals surface area contributed by atoms with E-state index in [2.05, 4.69) is 74.2 Å². The minimum absolute atomic E-state index is 0.0730. The second kappa shape index (κ2) is 12.1. The van der Waals surface area contributed by atoms with Crippen LogP contribution in [-0.4, -0.2) is 6.61 Å². The summed E-state index contributed by atoms with van der Waals surface area (Å²) in [6.07, 6.45) is 9.95. The number of rotatable bonds is 10. The molecule has 0 saturated heterocycles. The van der Waals surface area contributed by atoms with E-state index >= 15 is 4.39 Å². The van der Waals surface area contributed by atoms with E-state index in [4.69, 9.17) is 4.74 Å². The van der Waals surface area contributed by atoms with E-state index in [0.29, 0.717) is 18.4 Å². The minimum Gasteiger partial charge on any atom is -0.377 e. The van der Waals surface area contributed by atoms with Crippen molar-refractivity contribution in [1.29, 1.82) is 0 Å². The van der Waals surface area contributed by atoms with Gasteiger partial charge >= 0.3 is 0 Å². The number of halogens is 1. The summed E-state index contributed by atoms with van der Waals surface area (Å²) in [7, 11) is 0. The molecule has 0 aromatic heterocycles. The van der Waals surface area contributed by atoms with Gasteiger partial charge in [0.2, 0.25) is 0 Å². The third-order valence-electron chi connectivity index (χ3n) is 7.21. The minimum atomic E-state index is -0.0730. The summed E-state index contributed by atoms with van der Waals surface area (Å²) in [5.41, 5.74) is 6.39. The Labute approximate surface area is 204 Å². The Kier molecular flexibility index (Phi) is 8.71. The molecule has 0 N–H and O–H groups in total. The van der Waals surface area contributed by atoms with Crippen molar-refractivity contribution in [2.24, 2.45) is 5.92 Å².